The van der Waals surface area contributed by atoms with Gasteiger partial charge in [-0.15, -0.1) is 0 Å². The van der Waals surface area contributed by atoms with Crippen molar-refractivity contribution in [3.8, 4) is 0 Å². The van der Waals surface area contributed by atoms with Crippen molar-refractivity contribution in [1.29, 1.82) is 0 Å². The summed E-state index contributed by atoms with van der Waals surface area (Å²) in [5, 5.41) is 3.59. The fourth-order valence-electron chi connectivity index (χ4n) is 0.693. The predicted molar refractivity (Wildman–Crippen MR) is 54.2 cm³/mol. The lowest BCUT2D eigenvalue weighted by molar-refractivity contribution is -0.127. The molecule has 0 aliphatic rings. The number of oxime groups is 1. The second-order valence-corrected chi connectivity index (χ2v) is 8.00. The molecule has 0 fully saturated rings. The van der Waals surface area contributed by atoms with Gasteiger partial charge in [-0.25, -0.2) is 4.79 Å². The van der Waals surface area contributed by atoms with E-state index in [4.69, 9.17) is 4.43 Å². The van der Waals surface area contributed by atoms with Crippen molar-refractivity contribution in [3.63, 3.8) is 0 Å². The maximum Gasteiger partial charge on any atom is 0.342 e. The molecule has 0 aromatic carbocycles. The van der Waals surface area contributed by atoms with Gasteiger partial charge in [0.2, 0.25) is 8.32 Å². The van der Waals surface area contributed by atoms with Crippen molar-refractivity contribution in [2.45, 2.75) is 33.0 Å². The van der Waals surface area contributed by atoms with E-state index in [9.17, 15) is 4.79 Å². The summed E-state index contributed by atoms with van der Waals surface area (Å²) in [6.45, 7) is 7.68. The highest BCUT2D eigenvalue weighted by molar-refractivity contribution is 6.72. The summed E-state index contributed by atoms with van der Waals surface area (Å²) in [6, 6.07) is 0. The quantitative estimate of drug-likeness (QED) is 0.397. The van der Waals surface area contributed by atoms with Crippen molar-refractivity contribution in [3.05, 3.63) is 0 Å². The van der Waals surface area contributed by atoms with Crippen molar-refractivity contribution in [1.82, 2.24) is 0 Å². The highest BCUT2D eigenvalue weighted by Gasteiger charge is 2.22. The topological polar surface area (TPSA) is 47.9 Å². The zero-order valence-electron chi connectivity index (χ0n) is 8.88. The molecule has 0 aliphatic heterocycles. The molecule has 0 saturated heterocycles. The molecular weight excluding hydrogens is 186 g/mol. The lowest BCUT2D eigenvalue weighted by Crippen LogP contribution is -2.32. The zero-order chi connectivity index (χ0) is 10.5. The third-order valence-corrected chi connectivity index (χ3v) is 1.97. The minimum Gasteiger partial charge on any atom is -0.515 e. The van der Waals surface area contributed by atoms with Gasteiger partial charge in [0, 0.05) is 0 Å². The molecule has 0 bridgehead atoms. The molecule has 0 spiro atoms. The van der Waals surface area contributed by atoms with Crippen LogP contribution in [0.15, 0.2) is 5.16 Å². The molecule has 0 aromatic rings. The largest absolute Gasteiger partial charge is 0.515 e. The molecule has 4 nitrogen and oxygen atoms in total. The Bertz CT molecular complexity index is 208. The van der Waals surface area contributed by atoms with E-state index in [1.54, 1.807) is 0 Å². The molecular formula is C8H17NO3Si. The van der Waals surface area contributed by atoms with E-state index in [2.05, 4.69) is 9.99 Å². The third kappa shape index (κ3) is 5.40. The Kier molecular flexibility index (Phi) is 4.69. The zero-order valence-corrected chi connectivity index (χ0v) is 9.88. The number of hydrogen-bond donors (Lipinski definition) is 0. The smallest absolute Gasteiger partial charge is 0.342 e. The first kappa shape index (κ1) is 12.2. The molecule has 5 heteroatoms. The van der Waals surface area contributed by atoms with E-state index in [-0.39, 0.29) is 5.97 Å². The number of carbonyl (C=O) groups is 1. The van der Waals surface area contributed by atoms with Crippen LogP contribution >= 0.6 is 0 Å². The standard InChI is InChI=1S/C8H17NO3Si/c1-6-7(9-11-2)8(10)12-13(3,4)5/h6H2,1-5H3/b9-7+. The lowest BCUT2D eigenvalue weighted by atomic mass is 10.3. The van der Waals surface area contributed by atoms with Gasteiger partial charge in [-0.2, -0.15) is 0 Å². The van der Waals surface area contributed by atoms with Crippen molar-refractivity contribution in [2.24, 2.45) is 5.16 Å². The van der Waals surface area contributed by atoms with Gasteiger partial charge in [0.25, 0.3) is 0 Å². The van der Waals surface area contributed by atoms with Crippen LogP contribution in [0.5, 0.6) is 0 Å². The van der Waals surface area contributed by atoms with Crippen molar-refractivity contribution in [2.75, 3.05) is 7.11 Å². The van der Waals surface area contributed by atoms with Crippen LogP contribution in [0, 0.1) is 0 Å². The molecule has 0 unspecified atom stereocenters. The predicted octanol–water partition coefficient (Wildman–Crippen LogP) is 1.78. The summed E-state index contributed by atoms with van der Waals surface area (Å²) < 4.78 is 5.23. The lowest BCUT2D eigenvalue weighted by Gasteiger charge is -2.17. The van der Waals surface area contributed by atoms with Crippen LogP contribution in [0.4, 0.5) is 0 Å². The van der Waals surface area contributed by atoms with E-state index >= 15 is 0 Å². The van der Waals surface area contributed by atoms with E-state index in [0.717, 1.165) is 0 Å². The first-order valence-corrected chi connectivity index (χ1v) is 7.65. The van der Waals surface area contributed by atoms with E-state index in [1.165, 1.54) is 7.11 Å². The molecule has 0 aromatic heterocycles. The second kappa shape index (κ2) is 5.01. The number of carbonyl (C=O) groups excluding carboxylic acids is 1. The summed E-state index contributed by atoms with van der Waals surface area (Å²) in [4.78, 5) is 15.9. The SMILES string of the molecule is CC/C(=N\OC)C(=O)O[Si](C)(C)C. The fourth-order valence-corrected chi connectivity index (χ4v) is 1.37. The Morgan fingerprint density at radius 1 is 1.38 bits per heavy atom. The van der Waals surface area contributed by atoms with Crippen LogP contribution < -0.4 is 0 Å². The van der Waals surface area contributed by atoms with Gasteiger partial charge in [-0.05, 0) is 26.1 Å². The van der Waals surface area contributed by atoms with Crippen LogP contribution in [0.2, 0.25) is 19.6 Å². The molecule has 13 heavy (non-hydrogen) atoms. The van der Waals surface area contributed by atoms with Gasteiger partial charge in [-0.1, -0.05) is 12.1 Å². The van der Waals surface area contributed by atoms with Crippen LogP contribution in [0.3, 0.4) is 0 Å². The molecule has 0 heterocycles. The molecule has 0 radical (unpaired) electrons. The Morgan fingerprint density at radius 3 is 2.23 bits per heavy atom. The molecule has 0 atom stereocenters. The average Bonchev–Trinajstić information content (AvgIpc) is 1.96. The highest BCUT2D eigenvalue weighted by atomic mass is 28.4. The Labute approximate surface area is 80.0 Å². The first-order valence-electron chi connectivity index (χ1n) is 4.24. The molecule has 0 rings (SSSR count). The fraction of sp³-hybridized carbons (Fsp3) is 0.750. The van der Waals surface area contributed by atoms with Gasteiger partial charge < -0.3 is 9.26 Å². The summed E-state index contributed by atoms with van der Waals surface area (Å²) in [6.07, 6.45) is 0.525. The maximum absolute atomic E-state index is 11.4. The van der Waals surface area contributed by atoms with Gasteiger partial charge >= 0.3 is 5.97 Å². The molecule has 76 valence electrons. The normalized spacial score (nSPS) is 12.5. The molecule has 0 amide bonds. The van der Waals surface area contributed by atoms with E-state index < -0.39 is 8.32 Å². The van der Waals surface area contributed by atoms with Crippen LogP contribution in [0.1, 0.15) is 13.3 Å². The van der Waals surface area contributed by atoms with E-state index in [1.807, 2.05) is 26.6 Å². The Balaban J connectivity index is 4.32. The molecule has 0 saturated carbocycles. The van der Waals surface area contributed by atoms with Gasteiger partial charge in [-0.3, -0.25) is 0 Å². The minimum absolute atomic E-state index is 0.338. The Hall–Kier alpha value is -0.843. The molecule has 0 aliphatic carbocycles. The van der Waals surface area contributed by atoms with Crippen LogP contribution in [-0.2, 0) is 14.1 Å². The van der Waals surface area contributed by atoms with Crippen LogP contribution in [-0.4, -0.2) is 27.1 Å². The maximum atomic E-state index is 11.4. The highest BCUT2D eigenvalue weighted by Crippen LogP contribution is 2.04. The number of rotatable bonds is 4. The van der Waals surface area contributed by atoms with E-state index in [0.29, 0.717) is 12.1 Å². The summed E-state index contributed by atoms with van der Waals surface area (Å²) in [5.41, 5.74) is 0.338. The van der Waals surface area contributed by atoms with Crippen molar-refractivity contribution >= 4 is 20.0 Å². The third-order valence-electron chi connectivity index (χ3n) is 1.17. The summed E-state index contributed by atoms with van der Waals surface area (Å²) in [5.74, 6) is -0.358. The molecule has 0 N–H and O–H groups in total. The summed E-state index contributed by atoms with van der Waals surface area (Å²) >= 11 is 0. The van der Waals surface area contributed by atoms with Gasteiger partial charge in [0.15, 0.2) is 5.71 Å². The van der Waals surface area contributed by atoms with Crippen LogP contribution in [0.25, 0.3) is 0 Å². The summed E-state index contributed by atoms with van der Waals surface area (Å²) in [7, 11) is -0.400. The van der Waals surface area contributed by atoms with Gasteiger partial charge in [0.05, 0.1) is 0 Å². The number of nitrogens with zero attached hydrogens (tertiary/aromatic N) is 1. The van der Waals surface area contributed by atoms with Crippen molar-refractivity contribution < 1.29 is 14.1 Å². The minimum atomic E-state index is -1.81. The number of hydrogen-bond acceptors (Lipinski definition) is 4. The van der Waals surface area contributed by atoms with Gasteiger partial charge in [0.1, 0.15) is 7.11 Å². The average molecular weight is 203 g/mol. The second-order valence-electron chi connectivity index (χ2n) is 3.58. The first-order chi connectivity index (χ1) is 5.90. The Morgan fingerprint density at radius 2 is 1.92 bits per heavy atom. The monoisotopic (exact) mass is 203 g/mol.